The first-order valence-electron chi connectivity index (χ1n) is 1.08. The molecule has 1 unspecified atom stereocenters. The Kier molecular flexibility index (Phi) is 2.06. The van der Waals surface area contributed by atoms with Gasteiger partial charge < -0.3 is 11.2 Å². The van der Waals surface area contributed by atoms with Crippen molar-refractivity contribution in [2.24, 2.45) is 11.2 Å². The van der Waals surface area contributed by atoms with Gasteiger partial charge in [-0.2, -0.15) is 0 Å². The quantitative estimate of drug-likeness (QED) is 0.229. The zero-order valence-electron chi connectivity index (χ0n) is 2.65. The van der Waals surface area contributed by atoms with Crippen LogP contribution in [0.2, 0.25) is 0 Å². The van der Waals surface area contributed by atoms with Gasteiger partial charge in [-0.25, -0.2) is 0 Å². The molecular weight excluding hydrogens is 85.0 g/mol. The lowest BCUT2D eigenvalue weighted by Gasteiger charge is -1.79. The van der Waals surface area contributed by atoms with Gasteiger partial charge in [0.05, 0.1) is 0 Å². The van der Waals surface area contributed by atoms with Crippen molar-refractivity contribution in [1.82, 2.24) is 0 Å². The van der Waals surface area contributed by atoms with E-state index in [0.717, 1.165) is 0 Å². The van der Waals surface area contributed by atoms with E-state index in [4.69, 9.17) is 16.6 Å². The lowest BCUT2D eigenvalue weighted by molar-refractivity contribution is 1.50. The van der Waals surface area contributed by atoms with Crippen molar-refractivity contribution in [2.45, 2.75) is 0 Å². The molecule has 0 fully saturated rings. The van der Waals surface area contributed by atoms with E-state index in [1.54, 1.807) is 0 Å². The number of hydrogen-bond donors (Lipinski definition) is 3. The zero-order chi connectivity index (χ0) is 4.28. The van der Waals surface area contributed by atoms with Gasteiger partial charge in [-0.1, -0.05) is 0 Å². The molecule has 0 heterocycles. The van der Waals surface area contributed by atoms with Crippen LogP contribution in [0.4, 0.5) is 0 Å². The first kappa shape index (κ1) is 4.86. The molecule has 4 heteroatoms. The van der Waals surface area contributed by atoms with Crippen LogP contribution in [-0.4, -0.2) is 5.58 Å². The average Bonchev–Trinajstić information content (AvgIpc) is 1.38. The molecule has 3 nitrogen and oxygen atoms in total. The SMILES string of the molecule is N=C(N)PN. The second-order valence-corrected chi connectivity index (χ2v) is 1.39. The summed E-state index contributed by atoms with van der Waals surface area (Å²) < 4.78 is 0. The Bertz CT molecular complexity index is 42.2. The van der Waals surface area contributed by atoms with Gasteiger partial charge in [0.15, 0.2) is 0 Å². The molecule has 5 N–H and O–H groups in total. The van der Waals surface area contributed by atoms with Crippen LogP contribution in [0.1, 0.15) is 0 Å². The fourth-order valence-corrected chi connectivity index (χ4v) is 0. The lowest BCUT2D eigenvalue weighted by atomic mass is 11.4. The van der Waals surface area contributed by atoms with Crippen LogP contribution in [0.25, 0.3) is 0 Å². The Morgan fingerprint density at radius 3 is 2.00 bits per heavy atom. The van der Waals surface area contributed by atoms with Crippen molar-refractivity contribution in [3.63, 3.8) is 0 Å². The fourth-order valence-electron chi connectivity index (χ4n) is 0. The molecule has 5 heavy (non-hydrogen) atoms. The minimum absolute atomic E-state index is 0.0247. The minimum atomic E-state index is -0.0247. The maximum absolute atomic E-state index is 6.41. The van der Waals surface area contributed by atoms with Crippen molar-refractivity contribution in [3.05, 3.63) is 0 Å². The van der Waals surface area contributed by atoms with E-state index in [9.17, 15) is 0 Å². The van der Waals surface area contributed by atoms with E-state index in [1.807, 2.05) is 0 Å². The molecule has 30 valence electrons. The van der Waals surface area contributed by atoms with Crippen molar-refractivity contribution >= 4 is 14.3 Å². The zero-order valence-corrected chi connectivity index (χ0v) is 3.65. The van der Waals surface area contributed by atoms with Gasteiger partial charge in [0.25, 0.3) is 0 Å². The first-order chi connectivity index (χ1) is 2.27. The van der Waals surface area contributed by atoms with Gasteiger partial charge in [0.1, 0.15) is 5.58 Å². The number of amidine groups is 1. The summed E-state index contributed by atoms with van der Waals surface area (Å²) in [5, 5.41) is 6.41. The molecule has 0 aromatic carbocycles. The predicted octanol–water partition coefficient (Wildman–Crippen LogP) is -0.568. The van der Waals surface area contributed by atoms with Crippen LogP contribution in [-0.2, 0) is 0 Å². The Morgan fingerprint density at radius 1 is 1.80 bits per heavy atom. The Morgan fingerprint density at radius 2 is 2.00 bits per heavy atom. The highest BCUT2D eigenvalue weighted by molar-refractivity contribution is 7.55. The monoisotopic (exact) mass is 91.0 g/mol. The summed E-state index contributed by atoms with van der Waals surface area (Å²) in [6.07, 6.45) is 0. The van der Waals surface area contributed by atoms with Crippen molar-refractivity contribution in [2.75, 3.05) is 0 Å². The molecule has 0 saturated heterocycles. The van der Waals surface area contributed by atoms with Crippen molar-refractivity contribution in [1.29, 1.82) is 5.41 Å². The Balaban J connectivity index is 2.85. The summed E-state index contributed by atoms with van der Waals surface area (Å²) in [7, 11) is -0.0247. The standard InChI is InChI=1S/CH6N3P/c2-1(3)5-4/h5H,4H2,(H3,2,3). The third-order valence-corrected chi connectivity index (χ3v) is 0.467. The summed E-state index contributed by atoms with van der Waals surface area (Å²) in [5.41, 5.74) is 9.67. The topological polar surface area (TPSA) is 75.9 Å². The maximum atomic E-state index is 6.41. The third kappa shape index (κ3) is 3.86. The Hall–Kier alpha value is -0.140. The molecule has 0 amide bonds. The van der Waals surface area contributed by atoms with E-state index in [1.165, 1.54) is 0 Å². The number of rotatable bonds is 1. The highest BCUT2D eigenvalue weighted by atomic mass is 31.1. The van der Waals surface area contributed by atoms with Gasteiger partial charge in [0.2, 0.25) is 0 Å². The lowest BCUT2D eigenvalue weighted by Crippen LogP contribution is -2.03. The largest absolute Gasteiger partial charge is 0.383 e. The predicted molar refractivity (Wildman–Crippen MR) is 24.4 cm³/mol. The van der Waals surface area contributed by atoms with Crippen LogP contribution in [0.5, 0.6) is 0 Å². The smallest absolute Gasteiger partial charge is 0.126 e. The van der Waals surface area contributed by atoms with Gasteiger partial charge in [0, 0.05) is 8.73 Å². The summed E-state index contributed by atoms with van der Waals surface area (Å²) >= 11 is 0. The summed E-state index contributed by atoms with van der Waals surface area (Å²) in [4.78, 5) is 0. The van der Waals surface area contributed by atoms with Gasteiger partial charge in [-0.05, 0) is 0 Å². The molecule has 0 bridgehead atoms. The molecule has 0 saturated carbocycles. The minimum Gasteiger partial charge on any atom is -0.383 e. The molecule has 0 aliphatic carbocycles. The van der Waals surface area contributed by atoms with E-state index in [-0.39, 0.29) is 14.3 Å². The number of nitrogens with one attached hydrogen (secondary N) is 1. The van der Waals surface area contributed by atoms with E-state index in [2.05, 4.69) is 0 Å². The fraction of sp³-hybridized carbons (Fsp3) is 0. The molecule has 0 aliphatic heterocycles. The van der Waals surface area contributed by atoms with Crippen LogP contribution in [0.3, 0.4) is 0 Å². The first-order valence-corrected chi connectivity index (χ1v) is 2.15. The van der Waals surface area contributed by atoms with Crippen molar-refractivity contribution in [3.8, 4) is 0 Å². The van der Waals surface area contributed by atoms with E-state index >= 15 is 0 Å². The van der Waals surface area contributed by atoms with Crippen LogP contribution in [0.15, 0.2) is 0 Å². The summed E-state index contributed by atoms with van der Waals surface area (Å²) in [5.74, 6) is 0. The highest BCUT2D eigenvalue weighted by Crippen LogP contribution is 1.87. The number of nitrogens with two attached hydrogens (primary N) is 2. The highest BCUT2D eigenvalue weighted by Gasteiger charge is 1.70. The molecular formula is CH6N3P. The van der Waals surface area contributed by atoms with Crippen LogP contribution < -0.4 is 11.2 Å². The van der Waals surface area contributed by atoms with Gasteiger partial charge >= 0.3 is 0 Å². The van der Waals surface area contributed by atoms with Crippen LogP contribution in [0, 0.1) is 5.41 Å². The maximum Gasteiger partial charge on any atom is 0.126 e. The molecule has 1 atom stereocenters. The molecule has 0 spiro atoms. The molecule has 0 aromatic heterocycles. The van der Waals surface area contributed by atoms with E-state index < -0.39 is 0 Å². The molecule has 0 rings (SSSR count). The molecule has 0 radical (unpaired) electrons. The number of hydrogen-bond acceptors (Lipinski definition) is 2. The van der Waals surface area contributed by atoms with Crippen molar-refractivity contribution < 1.29 is 0 Å². The van der Waals surface area contributed by atoms with E-state index in [0.29, 0.717) is 0 Å². The van der Waals surface area contributed by atoms with Gasteiger partial charge in [-0.15, -0.1) is 0 Å². The molecule has 0 aromatic rings. The third-order valence-electron chi connectivity index (χ3n) is 0.156. The summed E-state index contributed by atoms with van der Waals surface area (Å²) in [6.45, 7) is 0. The normalized spacial score (nSPS) is 9.80. The average molecular weight is 91.1 g/mol. The molecule has 0 aliphatic rings. The second-order valence-electron chi connectivity index (χ2n) is 0.558. The van der Waals surface area contributed by atoms with Crippen LogP contribution >= 0.6 is 8.73 Å². The van der Waals surface area contributed by atoms with Gasteiger partial charge in [-0.3, -0.25) is 5.41 Å². The second kappa shape index (κ2) is 2.12. The summed E-state index contributed by atoms with van der Waals surface area (Å²) in [6, 6.07) is 0. The Labute approximate surface area is 32.1 Å².